The first-order valence-electron chi connectivity index (χ1n) is 9.26. The van der Waals surface area contributed by atoms with E-state index in [0.717, 1.165) is 43.4 Å². The van der Waals surface area contributed by atoms with Crippen LogP contribution in [0.4, 0.5) is 27.5 Å². The molecule has 1 aliphatic rings. The van der Waals surface area contributed by atoms with Gasteiger partial charge in [-0.1, -0.05) is 19.8 Å². The van der Waals surface area contributed by atoms with Crippen LogP contribution in [0.3, 0.4) is 0 Å². The first kappa shape index (κ1) is 18.9. The summed E-state index contributed by atoms with van der Waals surface area (Å²) in [7, 11) is 0. The molecule has 2 aromatic rings. The zero-order valence-electron chi connectivity index (χ0n) is 15.4. The molecule has 1 aliphatic heterocycles. The third kappa shape index (κ3) is 5.06. The number of carbonyl (C=O) groups excluding carboxylic acids is 1. The van der Waals surface area contributed by atoms with Gasteiger partial charge in [0.05, 0.1) is 6.20 Å². The van der Waals surface area contributed by atoms with Crippen LogP contribution in [0.25, 0.3) is 0 Å². The Morgan fingerprint density at radius 1 is 1.44 bits per heavy atom. The number of rotatable bonds is 9. The topological polar surface area (TPSA) is 105 Å². The van der Waals surface area contributed by atoms with Crippen LogP contribution in [-0.4, -0.2) is 28.5 Å². The summed E-state index contributed by atoms with van der Waals surface area (Å²) in [5.74, 6) is -0.636. The summed E-state index contributed by atoms with van der Waals surface area (Å²) in [6.07, 6.45) is 4.81. The van der Waals surface area contributed by atoms with Gasteiger partial charge in [-0.3, -0.25) is 4.79 Å². The molecule has 0 bridgehead atoms. The number of nitrogens with two attached hydrogens (primary N) is 1. The van der Waals surface area contributed by atoms with Crippen LogP contribution in [0.5, 0.6) is 0 Å². The van der Waals surface area contributed by atoms with E-state index in [-0.39, 0.29) is 24.2 Å². The van der Waals surface area contributed by atoms with Gasteiger partial charge in [0.2, 0.25) is 11.9 Å². The highest BCUT2D eigenvalue weighted by atomic mass is 19.1. The number of halogens is 1. The largest absolute Gasteiger partial charge is 0.384 e. The fourth-order valence-corrected chi connectivity index (χ4v) is 3.15. The second kappa shape index (κ2) is 8.66. The normalized spacial score (nSPS) is 13.6. The molecule has 7 nitrogen and oxygen atoms in total. The van der Waals surface area contributed by atoms with E-state index >= 15 is 0 Å². The van der Waals surface area contributed by atoms with Crippen molar-refractivity contribution in [3.05, 3.63) is 35.8 Å². The number of anilines is 4. The number of nitrogens with one attached hydrogen (secondary N) is 3. The lowest BCUT2D eigenvalue weighted by Gasteiger charge is -2.18. The molecule has 0 spiro atoms. The Bertz CT molecular complexity index is 813. The van der Waals surface area contributed by atoms with Crippen LogP contribution in [0, 0.1) is 5.82 Å². The molecule has 3 rings (SSSR count). The lowest BCUT2D eigenvalue weighted by atomic mass is 10.1. The second-order valence-corrected chi connectivity index (χ2v) is 6.72. The number of fused-ring (bicyclic) bond motifs is 1. The van der Waals surface area contributed by atoms with E-state index in [2.05, 4.69) is 32.8 Å². The average Bonchev–Trinajstić information content (AvgIpc) is 3.10. The Hall–Kier alpha value is -2.90. The number of primary amides is 1. The number of amides is 1. The zero-order valence-corrected chi connectivity index (χ0v) is 15.4. The number of benzene rings is 1. The average molecular weight is 372 g/mol. The minimum atomic E-state index is -0.565. The molecule has 2 heterocycles. The minimum absolute atomic E-state index is 0.0673. The lowest BCUT2D eigenvalue weighted by Crippen LogP contribution is -2.28. The third-order valence-electron chi connectivity index (χ3n) is 4.51. The number of carbonyl (C=O) groups is 1. The number of hydrogen-bond donors (Lipinski definition) is 4. The maximum Gasteiger partial charge on any atom is 0.229 e. The fourth-order valence-electron chi connectivity index (χ4n) is 3.15. The summed E-state index contributed by atoms with van der Waals surface area (Å²) in [6.45, 7) is 2.99. The van der Waals surface area contributed by atoms with Gasteiger partial charge >= 0.3 is 0 Å². The van der Waals surface area contributed by atoms with Crippen molar-refractivity contribution in [2.75, 3.05) is 22.5 Å². The highest BCUT2D eigenvalue weighted by Gasteiger charge is 2.16. The van der Waals surface area contributed by atoms with E-state index in [1.807, 2.05) is 18.2 Å². The predicted octanol–water partition coefficient (Wildman–Crippen LogP) is 3.17. The van der Waals surface area contributed by atoms with E-state index in [9.17, 15) is 9.18 Å². The smallest absolute Gasteiger partial charge is 0.229 e. The van der Waals surface area contributed by atoms with Gasteiger partial charge in [-0.15, -0.1) is 0 Å². The SMILES string of the molecule is CCCCC(CC(N)=O)Nc1nc(Nc2ccc3c(c2)CCN3)ncc1F. The molecule has 1 aromatic carbocycles. The van der Waals surface area contributed by atoms with Gasteiger partial charge in [0.25, 0.3) is 0 Å². The second-order valence-electron chi connectivity index (χ2n) is 6.72. The van der Waals surface area contributed by atoms with Crippen molar-refractivity contribution in [3.63, 3.8) is 0 Å². The summed E-state index contributed by atoms with van der Waals surface area (Å²) >= 11 is 0. The van der Waals surface area contributed by atoms with Crippen LogP contribution in [0.1, 0.15) is 38.2 Å². The molecule has 0 fully saturated rings. The Morgan fingerprint density at radius 2 is 2.30 bits per heavy atom. The molecule has 8 heteroatoms. The highest BCUT2D eigenvalue weighted by molar-refractivity contribution is 5.75. The molecule has 1 atom stereocenters. The van der Waals surface area contributed by atoms with Gasteiger partial charge < -0.3 is 21.7 Å². The standard InChI is InChI=1S/C19H25FN6O/c1-2-3-4-13(10-17(21)27)24-18-15(20)11-23-19(26-18)25-14-5-6-16-12(9-14)7-8-22-16/h5-6,9,11,13,22H,2-4,7-8,10H2,1H3,(H2,21,27)(H2,23,24,25,26). The molecule has 0 aliphatic carbocycles. The molecule has 1 aromatic heterocycles. The Balaban J connectivity index is 1.73. The van der Waals surface area contributed by atoms with Crippen molar-refractivity contribution in [1.82, 2.24) is 9.97 Å². The predicted molar refractivity (Wildman–Crippen MR) is 105 cm³/mol. The van der Waals surface area contributed by atoms with E-state index in [1.165, 1.54) is 5.56 Å². The summed E-state index contributed by atoms with van der Waals surface area (Å²) in [6, 6.07) is 5.70. The van der Waals surface area contributed by atoms with Crippen LogP contribution in [0.15, 0.2) is 24.4 Å². The number of hydrogen-bond acceptors (Lipinski definition) is 6. The maximum atomic E-state index is 14.2. The van der Waals surface area contributed by atoms with Crippen molar-refractivity contribution in [2.24, 2.45) is 5.73 Å². The van der Waals surface area contributed by atoms with Crippen molar-refractivity contribution in [1.29, 1.82) is 0 Å². The number of nitrogens with zero attached hydrogens (tertiary/aromatic N) is 2. The van der Waals surface area contributed by atoms with Gasteiger partial charge in [-0.2, -0.15) is 4.98 Å². The summed E-state index contributed by atoms with van der Waals surface area (Å²) in [5, 5.41) is 9.42. The molecular formula is C19H25FN6O. The van der Waals surface area contributed by atoms with Crippen LogP contribution in [-0.2, 0) is 11.2 Å². The molecule has 144 valence electrons. The van der Waals surface area contributed by atoms with Gasteiger partial charge in [0, 0.05) is 30.4 Å². The number of aromatic nitrogens is 2. The van der Waals surface area contributed by atoms with E-state index in [1.54, 1.807) is 0 Å². The molecule has 1 amide bonds. The van der Waals surface area contributed by atoms with Crippen LogP contribution in [0.2, 0.25) is 0 Å². The maximum absolute atomic E-state index is 14.2. The fraction of sp³-hybridized carbons (Fsp3) is 0.421. The summed E-state index contributed by atoms with van der Waals surface area (Å²) in [4.78, 5) is 19.5. The highest BCUT2D eigenvalue weighted by Crippen LogP contribution is 2.27. The van der Waals surface area contributed by atoms with Crippen molar-refractivity contribution in [3.8, 4) is 0 Å². The monoisotopic (exact) mass is 372 g/mol. The van der Waals surface area contributed by atoms with Gasteiger partial charge in [-0.05, 0) is 36.6 Å². The molecule has 0 radical (unpaired) electrons. The molecule has 5 N–H and O–H groups in total. The Labute approximate surface area is 158 Å². The summed E-state index contributed by atoms with van der Waals surface area (Å²) < 4.78 is 14.2. The van der Waals surface area contributed by atoms with Gasteiger partial charge in [0.15, 0.2) is 11.6 Å². The third-order valence-corrected chi connectivity index (χ3v) is 4.51. The van der Waals surface area contributed by atoms with Gasteiger partial charge in [-0.25, -0.2) is 9.37 Å². The first-order chi connectivity index (χ1) is 13.0. The van der Waals surface area contributed by atoms with Crippen molar-refractivity contribution < 1.29 is 9.18 Å². The lowest BCUT2D eigenvalue weighted by molar-refractivity contribution is -0.118. The molecule has 0 saturated heterocycles. The number of unbranched alkanes of at least 4 members (excludes halogenated alkanes) is 1. The minimum Gasteiger partial charge on any atom is -0.384 e. The van der Waals surface area contributed by atoms with Crippen molar-refractivity contribution in [2.45, 2.75) is 45.1 Å². The van der Waals surface area contributed by atoms with E-state index < -0.39 is 11.7 Å². The summed E-state index contributed by atoms with van der Waals surface area (Å²) in [5.41, 5.74) is 8.51. The quantitative estimate of drug-likeness (QED) is 0.539. The molecule has 1 unspecified atom stereocenters. The Morgan fingerprint density at radius 3 is 3.07 bits per heavy atom. The Kier molecular flexibility index (Phi) is 6.05. The van der Waals surface area contributed by atoms with E-state index in [4.69, 9.17) is 5.73 Å². The molecule has 27 heavy (non-hydrogen) atoms. The zero-order chi connectivity index (χ0) is 19.2. The van der Waals surface area contributed by atoms with Crippen molar-refractivity contribution >= 4 is 29.0 Å². The van der Waals surface area contributed by atoms with Crippen LogP contribution >= 0.6 is 0 Å². The molecular weight excluding hydrogens is 347 g/mol. The van der Waals surface area contributed by atoms with E-state index in [0.29, 0.717) is 6.42 Å². The van der Waals surface area contributed by atoms with Gasteiger partial charge in [0.1, 0.15) is 0 Å². The molecule has 0 saturated carbocycles. The van der Waals surface area contributed by atoms with Crippen LogP contribution < -0.4 is 21.7 Å². The first-order valence-corrected chi connectivity index (χ1v) is 9.26.